The highest BCUT2D eigenvalue weighted by atomic mass is 16.2. The molecule has 2 rings (SSSR count). The fourth-order valence-corrected chi connectivity index (χ4v) is 1.79. The Morgan fingerprint density at radius 3 is 2.52 bits per heavy atom. The zero-order valence-corrected chi connectivity index (χ0v) is 12.2. The van der Waals surface area contributed by atoms with E-state index in [9.17, 15) is 4.79 Å². The molecule has 0 fully saturated rings. The number of nitrogens with two attached hydrogens (primary N) is 3. The van der Waals surface area contributed by atoms with Crippen LogP contribution in [-0.2, 0) is 6.42 Å². The molecule has 0 saturated heterocycles. The Balaban J connectivity index is 2.15. The molecule has 23 heavy (non-hydrogen) atoms. The largest absolute Gasteiger partial charge is 0.385 e. The molecule has 0 aliphatic rings. The lowest BCUT2D eigenvalue weighted by molar-refractivity contribution is 0.0954. The molecule has 2 aromatic heterocycles. The minimum Gasteiger partial charge on any atom is -0.385 e. The highest BCUT2D eigenvalue weighted by Gasteiger charge is 2.12. The molecule has 0 unspecified atom stereocenters. The van der Waals surface area contributed by atoms with Crippen LogP contribution >= 0.6 is 0 Å². The quantitative estimate of drug-likeness (QED) is 0.247. The summed E-state index contributed by atoms with van der Waals surface area (Å²) in [7, 11) is 0. The first kappa shape index (κ1) is 15.9. The highest BCUT2D eigenvalue weighted by molar-refractivity contribution is 6.00. The smallest absolute Gasteiger partial charge is 0.271 e. The van der Waals surface area contributed by atoms with Gasteiger partial charge in [0.25, 0.3) is 5.91 Å². The first-order chi connectivity index (χ1) is 11.1. The number of hydrogen-bond donors (Lipinski definition) is 4. The van der Waals surface area contributed by atoms with Crippen LogP contribution in [-0.4, -0.2) is 27.5 Å². The third-order valence-electron chi connectivity index (χ3n) is 2.94. The van der Waals surface area contributed by atoms with Gasteiger partial charge in [-0.15, -0.1) is 0 Å². The van der Waals surface area contributed by atoms with Crippen molar-refractivity contribution in [3.8, 4) is 0 Å². The van der Waals surface area contributed by atoms with Gasteiger partial charge in [-0.2, -0.15) is 10.2 Å². The topological polar surface area (TPSA) is 158 Å². The van der Waals surface area contributed by atoms with E-state index in [1.165, 1.54) is 12.4 Å². The van der Waals surface area contributed by atoms with Gasteiger partial charge >= 0.3 is 0 Å². The molecule has 0 radical (unpaired) electrons. The van der Waals surface area contributed by atoms with Crippen LogP contribution in [0.15, 0.2) is 53.2 Å². The van der Waals surface area contributed by atoms with Crippen molar-refractivity contribution in [3.63, 3.8) is 0 Å². The molecule has 2 heterocycles. The summed E-state index contributed by atoms with van der Waals surface area (Å²) in [6.45, 7) is 0. The summed E-state index contributed by atoms with van der Waals surface area (Å²) < 4.78 is 0. The van der Waals surface area contributed by atoms with Gasteiger partial charge in [0.2, 0.25) is 0 Å². The van der Waals surface area contributed by atoms with E-state index in [2.05, 4.69) is 25.6 Å². The maximum absolute atomic E-state index is 12.2. The minimum absolute atomic E-state index is 0.166. The second kappa shape index (κ2) is 7.50. The van der Waals surface area contributed by atoms with Gasteiger partial charge in [0.15, 0.2) is 5.84 Å². The van der Waals surface area contributed by atoms with Gasteiger partial charge < -0.3 is 17.3 Å². The monoisotopic (exact) mass is 312 g/mol. The molecule has 0 spiro atoms. The van der Waals surface area contributed by atoms with Crippen LogP contribution in [0.1, 0.15) is 21.5 Å². The van der Waals surface area contributed by atoms with Crippen LogP contribution in [0.25, 0.3) is 0 Å². The van der Waals surface area contributed by atoms with Gasteiger partial charge in [0, 0.05) is 42.3 Å². The normalized spacial score (nSPS) is 12.0. The van der Waals surface area contributed by atoms with Gasteiger partial charge in [-0.05, 0) is 23.8 Å². The number of nitrogens with zero attached hydrogens (tertiary/aromatic N) is 4. The van der Waals surface area contributed by atoms with Crippen LogP contribution in [0, 0.1) is 0 Å². The molecule has 0 bridgehead atoms. The molecule has 0 saturated carbocycles. The van der Waals surface area contributed by atoms with Crippen molar-refractivity contribution >= 4 is 17.6 Å². The summed E-state index contributed by atoms with van der Waals surface area (Å²) in [5, 5.41) is 7.25. The number of amidine groups is 2. The molecule has 0 aliphatic carbocycles. The van der Waals surface area contributed by atoms with Crippen LogP contribution in [0.3, 0.4) is 0 Å². The van der Waals surface area contributed by atoms with E-state index in [1.807, 2.05) is 0 Å². The van der Waals surface area contributed by atoms with E-state index in [4.69, 9.17) is 17.3 Å². The second-order valence-electron chi connectivity index (χ2n) is 4.50. The summed E-state index contributed by atoms with van der Waals surface area (Å²) in [4.78, 5) is 20.1. The number of amides is 1. The van der Waals surface area contributed by atoms with Crippen LogP contribution in [0.4, 0.5) is 0 Å². The molecule has 2 aromatic rings. The van der Waals surface area contributed by atoms with Crippen LogP contribution in [0.2, 0.25) is 0 Å². The number of carbonyl (C=O) groups is 1. The SMILES string of the molecule is NN=C(N)Cc1cnccc1C(=O)NN=C(N)c1ccncc1. The van der Waals surface area contributed by atoms with E-state index in [0.717, 1.165) is 0 Å². The Morgan fingerprint density at radius 2 is 1.83 bits per heavy atom. The average Bonchev–Trinajstić information content (AvgIpc) is 2.60. The predicted octanol–water partition coefficient (Wildman–Crippen LogP) is -0.700. The summed E-state index contributed by atoms with van der Waals surface area (Å²) in [5.41, 5.74) is 15.4. The number of carbonyl (C=O) groups excluding carboxylic acids is 1. The second-order valence-corrected chi connectivity index (χ2v) is 4.50. The number of pyridine rings is 2. The maximum atomic E-state index is 12.2. The lowest BCUT2D eigenvalue weighted by atomic mass is 10.1. The Morgan fingerprint density at radius 1 is 1.13 bits per heavy atom. The molecule has 0 aliphatic heterocycles. The summed E-state index contributed by atoms with van der Waals surface area (Å²) in [5.74, 6) is 5.02. The highest BCUT2D eigenvalue weighted by Crippen LogP contribution is 2.08. The molecule has 1 amide bonds. The zero-order chi connectivity index (χ0) is 16.7. The minimum atomic E-state index is -0.441. The average molecular weight is 312 g/mol. The third-order valence-corrected chi connectivity index (χ3v) is 2.94. The fourth-order valence-electron chi connectivity index (χ4n) is 1.79. The first-order valence-electron chi connectivity index (χ1n) is 6.61. The van der Waals surface area contributed by atoms with Crippen molar-refractivity contribution in [1.82, 2.24) is 15.4 Å². The zero-order valence-electron chi connectivity index (χ0n) is 12.2. The van der Waals surface area contributed by atoms with E-state index in [0.29, 0.717) is 16.7 Å². The Bertz CT molecular complexity index is 741. The lowest BCUT2D eigenvalue weighted by Gasteiger charge is -2.07. The van der Waals surface area contributed by atoms with E-state index in [1.54, 1.807) is 30.6 Å². The molecule has 9 nitrogen and oxygen atoms in total. The number of aromatic nitrogens is 2. The van der Waals surface area contributed by atoms with Crippen molar-refractivity contribution < 1.29 is 4.79 Å². The first-order valence-corrected chi connectivity index (χ1v) is 6.61. The Kier molecular flexibility index (Phi) is 5.18. The molecule has 118 valence electrons. The van der Waals surface area contributed by atoms with Gasteiger partial charge in [-0.1, -0.05) is 0 Å². The summed E-state index contributed by atoms with van der Waals surface area (Å²) >= 11 is 0. The van der Waals surface area contributed by atoms with Crippen molar-refractivity contribution in [2.45, 2.75) is 6.42 Å². The maximum Gasteiger partial charge on any atom is 0.271 e. The van der Waals surface area contributed by atoms with Crippen molar-refractivity contribution in [1.29, 1.82) is 0 Å². The predicted molar refractivity (Wildman–Crippen MR) is 86.2 cm³/mol. The number of rotatable bonds is 5. The Labute approximate surface area is 132 Å². The van der Waals surface area contributed by atoms with Crippen molar-refractivity contribution in [2.24, 2.45) is 27.5 Å². The molecule has 7 N–H and O–H groups in total. The van der Waals surface area contributed by atoms with Crippen LogP contribution in [0.5, 0.6) is 0 Å². The Hall–Kier alpha value is -3.49. The number of nitrogens with one attached hydrogen (secondary N) is 1. The fraction of sp³-hybridized carbons (Fsp3) is 0.0714. The van der Waals surface area contributed by atoms with Crippen molar-refractivity contribution in [2.75, 3.05) is 0 Å². The number of hydrogen-bond acceptors (Lipinski definition) is 6. The van der Waals surface area contributed by atoms with Gasteiger partial charge in [-0.25, -0.2) is 5.43 Å². The standard InChI is InChI=1S/C14H16N8O/c15-12(20-17)7-10-8-19-6-3-11(10)14(23)22-21-13(16)9-1-4-18-5-2-9/h1-6,8H,7,17H2,(H2,15,20)(H2,16,21)(H,22,23). The summed E-state index contributed by atoms with van der Waals surface area (Å²) in [6, 6.07) is 4.91. The van der Waals surface area contributed by atoms with E-state index >= 15 is 0 Å². The molecular formula is C14H16N8O. The molecule has 0 aromatic carbocycles. The van der Waals surface area contributed by atoms with Crippen molar-refractivity contribution in [3.05, 3.63) is 59.7 Å². The van der Waals surface area contributed by atoms with E-state index in [-0.39, 0.29) is 18.1 Å². The third kappa shape index (κ3) is 4.24. The molecule has 0 atom stereocenters. The molecule has 9 heteroatoms. The van der Waals surface area contributed by atoms with E-state index < -0.39 is 5.91 Å². The van der Waals surface area contributed by atoms with Crippen LogP contribution < -0.4 is 22.7 Å². The van der Waals surface area contributed by atoms with Gasteiger partial charge in [0.05, 0.1) is 0 Å². The molecular weight excluding hydrogens is 296 g/mol. The van der Waals surface area contributed by atoms with Gasteiger partial charge in [0.1, 0.15) is 5.84 Å². The number of hydrazone groups is 2. The van der Waals surface area contributed by atoms with Gasteiger partial charge in [-0.3, -0.25) is 14.8 Å². The summed E-state index contributed by atoms with van der Waals surface area (Å²) in [6.07, 6.45) is 6.37. The lowest BCUT2D eigenvalue weighted by Crippen LogP contribution is -2.26.